The van der Waals surface area contributed by atoms with Crippen LogP contribution in [0.3, 0.4) is 0 Å². The van der Waals surface area contributed by atoms with Crippen LogP contribution in [0.2, 0.25) is 0 Å². The van der Waals surface area contributed by atoms with E-state index in [-0.39, 0.29) is 18.6 Å². The van der Waals surface area contributed by atoms with Gasteiger partial charge in [0.25, 0.3) is 5.91 Å². The zero-order chi connectivity index (χ0) is 15.4. The van der Waals surface area contributed by atoms with E-state index in [9.17, 15) is 4.79 Å². The number of halogens is 3. The van der Waals surface area contributed by atoms with Crippen molar-refractivity contribution in [3.63, 3.8) is 0 Å². The number of hydrogen-bond donors (Lipinski definition) is 0. The molecule has 1 aromatic rings. The SMILES string of the molecule is CCC1CN(C(=O)COc2c(Br)cc(Br)cc2Br)CCO1. The molecule has 1 saturated heterocycles. The van der Waals surface area contributed by atoms with Crippen LogP contribution in [0.15, 0.2) is 25.6 Å². The van der Waals surface area contributed by atoms with Crippen molar-refractivity contribution in [2.75, 3.05) is 26.3 Å². The summed E-state index contributed by atoms with van der Waals surface area (Å²) in [5.74, 6) is 0.616. The van der Waals surface area contributed by atoms with Gasteiger partial charge in [0, 0.05) is 17.6 Å². The molecule has 2 rings (SSSR count). The molecular weight excluding hydrogens is 470 g/mol. The van der Waals surface area contributed by atoms with Crippen LogP contribution >= 0.6 is 47.8 Å². The highest BCUT2D eigenvalue weighted by Crippen LogP contribution is 2.36. The maximum atomic E-state index is 12.2. The third-order valence-electron chi connectivity index (χ3n) is 3.25. The number of amides is 1. The largest absolute Gasteiger partial charge is 0.481 e. The van der Waals surface area contributed by atoms with Crippen molar-refractivity contribution in [1.29, 1.82) is 0 Å². The van der Waals surface area contributed by atoms with E-state index in [1.165, 1.54) is 0 Å². The number of ether oxygens (including phenoxy) is 2. The smallest absolute Gasteiger partial charge is 0.260 e. The van der Waals surface area contributed by atoms with E-state index < -0.39 is 0 Å². The first-order valence-electron chi connectivity index (χ1n) is 6.68. The molecule has 7 heteroatoms. The molecule has 1 unspecified atom stereocenters. The molecule has 0 aromatic heterocycles. The standard InChI is InChI=1S/C14H16Br3NO3/c1-2-10-7-18(3-4-20-10)13(19)8-21-14-11(16)5-9(15)6-12(14)17/h5-6,10H,2-4,7-8H2,1H3. The molecule has 4 nitrogen and oxygen atoms in total. The minimum absolute atomic E-state index is 0.0153. The third kappa shape index (κ3) is 4.68. The Morgan fingerprint density at radius 2 is 2.05 bits per heavy atom. The summed E-state index contributed by atoms with van der Waals surface area (Å²) >= 11 is 10.3. The van der Waals surface area contributed by atoms with Gasteiger partial charge in [-0.1, -0.05) is 22.9 Å². The molecule has 1 aromatic carbocycles. The van der Waals surface area contributed by atoms with Gasteiger partial charge in [-0.15, -0.1) is 0 Å². The maximum Gasteiger partial charge on any atom is 0.260 e. The molecule has 0 N–H and O–H groups in total. The molecule has 0 saturated carbocycles. The summed E-state index contributed by atoms with van der Waals surface area (Å²) in [7, 11) is 0. The Morgan fingerprint density at radius 3 is 2.67 bits per heavy atom. The number of carbonyl (C=O) groups excluding carboxylic acids is 1. The van der Waals surface area contributed by atoms with Crippen molar-refractivity contribution in [1.82, 2.24) is 4.90 Å². The van der Waals surface area contributed by atoms with Crippen LogP contribution in [0, 0.1) is 0 Å². The van der Waals surface area contributed by atoms with Gasteiger partial charge in [0.2, 0.25) is 0 Å². The van der Waals surface area contributed by atoms with Gasteiger partial charge in [0.05, 0.1) is 21.7 Å². The van der Waals surface area contributed by atoms with Crippen molar-refractivity contribution in [3.05, 3.63) is 25.6 Å². The molecular formula is C14H16Br3NO3. The van der Waals surface area contributed by atoms with Crippen LogP contribution in [0.4, 0.5) is 0 Å². The van der Waals surface area contributed by atoms with E-state index >= 15 is 0 Å². The molecule has 1 amide bonds. The van der Waals surface area contributed by atoms with Gasteiger partial charge in [-0.2, -0.15) is 0 Å². The van der Waals surface area contributed by atoms with Gasteiger partial charge in [0.15, 0.2) is 6.61 Å². The van der Waals surface area contributed by atoms with Crippen molar-refractivity contribution >= 4 is 53.7 Å². The lowest BCUT2D eigenvalue weighted by Gasteiger charge is -2.32. The lowest BCUT2D eigenvalue weighted by atomic mass is 10.2. The summed E-state index contributed by atoms with van der Waals surface area (Å²) in [6.45, 7) is 3.94. The van der Waals surface area contributed by atoms with Gasteiger partial charge < -0.3 is 14.4 Å². The highest BCUT2D eigenvalue weighted by molar-refractivity contribution is 9.11. The van der Waals surface area contributed by atoms with Gasteiger partial charge in [-0.25, -0.2) is 0 Å². The molecule has 0 spiro atoms. The highest BCUT2D eigenvalue weighted by atomic mass is 79.9. The fourth-order valence-corrected chi connectivity index (χ4v) is 4.57. The lowest BCUT2D eigenvalue weighted by Crippen LogP contribution is -2.47. The predicted molar refractivity (Wildman–Crippen MR) is 91.6 cm³/mol. The average Bonchev–Trinajstić information content (AvgIpc) is 2.46. The molecule has 1 aliphatic heterocycles. The summed E-state index contributed by atoms with van der Waals surface area (Å²) in [6.07, 6.45) is 1.04. The number of morpholine rings is 1. The minimum atomic E-state index is -0.0153. The van der Waals surface area contributed by atoms with E-state index in [1.807, 2.05) is 12.1 Å². The van der Waals surface area contributed by atoms with Crippen LogP contribution in [0.1, 0.15) is 13.3 Å². The van der Waals surface area contributed by atoms with E-state index in [0.717, 1.165) is 19.8 Å². The van der Waals surface area contributed by atoms with E-state index in [4.69, 9.17) is 9.47 Å². The number of hydrogen-bond acceptors (Lipinski definition) is 3. The topological polar surface area (TPSA) is 38.8 Å². The Bertz CT molecular complexity index is 501. The monoisotopic (exact) mass is 483 g/mol. The fraction of sp³-hybridized carbons (Fsp3) is 0.500. The number of nitrogens with zero attached hydrogens (tertiary/aromatic N) is 1. The Hall–Kier alpha value is -0.110. The van der Waals surface area contributed by atoms with Crippen LogP contribution in [0.25, 0.3) is 0 Å². The number of benzene rings is 1. The first-order chi connectivity index (χ1) is 10.0. The molecule has 21 heavy (non-hydrogen) atoms. The van der Waals surface area contributed by atoms with Crippen molar-refractivity contribution in [2.45, 2.75) is 19.4 Å². The summed E-state index contributed by atoms with van der Waals surface area (Å²) in [5.41, 5.74) is 0. The van der Waals surface area contributed by atoms with E-state index in [0.29, 0.717) is 25.4 Å². The molecule has 1 aliphatic rings. The summed E-state index contributed by atoms with van der Waals surface area (Å²) in [4.78, 5) is 14.0. The zero-order valence-electron chi connectivity index (χ0n) is 11.6. The van der Waals surface area contributed by atoms with E-state index in [2.05, 4.69) is 54.7 Å². The van der Waals surface area contributed by atoms with Crippen LogP contribution in [-0.2, 0) is 9.53 Å². The Balaban J connectivity index is 1.95. The Morgan fingerprint density at radius 1 is 1.38 bits per heavy atom. The molecule has 0 radical (unpaired) electrons. The number of carbonyl (C=O) groups is 1. The second-order valence-corrected chi connectivity index (χ2v) is 7.35. The Labute approximate surface area is 149 Å². The van der Waals surface area contributed by atoms with Crippen LogP contribution < -0.4 is 4.74 Å². The number of rotatable bonds is 4. The summed E-state index contributed by atoms with van der Waals surface area (Å²) < 4.78 is 13.7. The van der Waals surface area contributed by atoms with Crippen LogP contribution in [-0.4, -0.2) is 43.2 Å². The first-order valence-corrected chi connectivity index (χ1v) is 9.06. The van der Waals surface area contributed by atoms with Crippen molar-refractivity contribution in [3.8, 4) is 5.75 Å². The molecule has 0 bridgehead atoms. The molecule has 1 fully saturated rings. The van der Waals surface area contributed by atoms with Crippen molar-refractivity contribution < 1.29 is 14.3 Å². The lowest BCUT2D eigenvalue weighted by molar-refractivity contribution is -0.141. The molecule has 0 aliphatic carbocycles. The quantitative estimate of drug-likeness (QED) is 0.647. The van der Waals surface area contributed by atoms with Gasteiger partial charge >= 0.3 is 0 Å². The first kappa shape index (κ1) is 17.2. The van der Waals surface area contributed by atoms with Gasteiger partial charge in [-0.3, -0.25) is 4.79 Å². The normalized spacial score (nSPS) is 18.7. The highest BCUT2D eigenvalue weighted by Gasteiger charge is 2.23. The van der Waals surface area contributed by atoms with Gasteiger partial charge in [-0.05, 0) is 50.4 Å². The molecule has 116 valence electrons. The summed E-state index contributed by atoms with van der Waals surface area (Å²) in [5, 5.41) is 0. The predicted octanol–water partition coefficient (Wildman–Crippen LogP) is 3.99. The average molecular weight is 486 g/mol. The fourth-order valence-electron chi connectivity index (χ4n) is 2.08. The Kier molecular flexibility index (Phi) is 6.52. The van der Waals surface area contributed by atoms with E-state index in [1.54, 1.807) is 4.90 Å². The second kappa shape index (κ2) is 7.94. The summed E-state index contributed by atoms with van der Waals surface area (Å²) in [6, 6.07) is 3.76. The molecule has 1 atom stereocenters. The van der Waals surface area contributed by atoms with Crippen molar-refractivity contribution in [2.24, 2.45) is 0 Å². The zero-order valence-corrected chi connectivity index (χ0v) is 16.3. The maximum absolute atomic E-state index is 12.2. The minimum Gasteiger partial charge on any atom is -0.481 e. The molecule has 1 heterocycles. The third-order valence-corrected chi connectivity index (χ3v) is 4.89. The van der Waals surface area contributed by atoms with Gasteiger partial charge in [0.1, 0.15) is 5.75 Å². The second-order valence-electron chi connectivity index (χ2n) is 4.73. The van der Waals surface area contributed by atoms with Crippen LogP contribution in [0.5, 0.6) is 5.75 Å².